The highest BCUT2D eigenvalue weighted by molar-refractivity contribution is 5.94. The number of benzene rings is 1. The maximum Gasteiger partial charge on any atom is 0.416 e. The van der Waals surface area contributed by atoms with Crippen molar-refractivity contribution >= 4 is 11.8 Å². The molecule has 2 aliphatic carbocycles. The zero-order valence-corrected chi connectivity index (χ0v) is 19.5. The van der Waals surface area contributed by atoms with Crippen LogP contribution in [0.3, 0.4) is 0 Å². The molecule has 0 unspecified atom stereocenters. The van der Waals surface area contributed by atoms with E-state index in [1.165, 1.54) is 32.1 Å². The summed E-state index contributed by atoms with van der Waals surface area (Å²) in [6.07, 6.45) is 4.97. The molecule has 9 heteroatoms. The third kappa shape index (κ3) is 8.25. The Balaban J connectivity index is 1.36. The van der Waals surface area contributed by atoms with E-state index in [-0.39, 0.29) is 29.0 Å². The van der Waals surface area contributed by atoms with Crippen LogP contribution in [-0.4, -0.2) is 37.5 Å². The molecule has 0 spiro atoms. The number of halogens is 4. The first-order valence-corrected chi connectivity index (χ1v) is 12.3. The average molecular weight is 486 g/mol. The van der Waals surface area contributed by atoms with Crippen LogP contribution in [0.5, 0.6) is 0 Å². The summed E-state index contributed by atoms with van der Waals surface area (Å²) >= 11 is 0. The van der Waals surface area contributed by atoms with E-state index >= 15 is 0 Å². The molecule has 5 nitrogen and oxygen atoms in total. The molecule has 0 aliphatic heterocycles. The molecular formula is C25H35F4N3O2. The summed E-state index contributed by atoms with van der Waals surface area (Å²) in [6.45, 7) is 0.339. The smallest absolute Gasteiger partial charge is 0.355 e. The predicted octanol–water partition coefficient (Wildman–Crippen LogP) is 4.75. The molecule has 1 aromatic carbocycles. The van der Waals surface area contributed by atoms with E-state index in [0.717, 1.165) is 50.4 Å². The Kier molecular flexibility index (Phi) is 9.74. The molecule has 2 amide bonds. The van der Waals surface area contributed by atoms with Crippen molar-refractivity contribution in [1.82, 2.24) is 16.0 Å². The summed E-state index contributed by atoms with van der Waals surface area (Å²) in [5, 5.41) is 9.04. The van der Waals surface area contributed by atoms with Crippen LogP contribution in [0.1, 0.15) is 79.3 Å². The molecule has 0 radical (unpaired) electrons. The van der Waals surface area contributed by atoms with Gasteiger partial charge in [0.1, 0.15) is 6.67 Å². The van der Waals surface area contributed by atoms with Gasteiger partial charge in [0.25, 0.3) is 5.91 Å². The molecule has 190 valence electrons. The lowest BCUT2D eigenvalue weighted by Gasteiger charge is -2.29. The van der Waals surface area contributed by atoms with Gasteiger partial charge in [-0.05, 0) is 74.1 Å². The van der Waals surface area contributed by atoms with E-state index in [4.69, 9.17) is 0 Å². The second-order valence-corrected chi connectivity index (χ2v) is 9.67. The van der Waals surface area contributed by atoms with Crippen LogP contribution in [0, 0.1) is 11.8 Å². The summed E-state index contributed by atoms with van der Waals surface area (Å²) in [4.78, 5) is 24.5. The van der Waals surface area contributed by atoms with Crippen molar-refractivity contribution < 1.29 is 27.2 Å². The molecule has 0 bridgehead atoms. The van der Waals surface area contributed by atoms with Crippen molar-refractivity contribution in [2.24, 2.45) is 11.8 Å². The summed E-state index contributed by atoms with van der Waals surface area (Å²) in [6, 6.07) is 2.88. The monoisotopic (exact) mass is 485 g/mol. The molecule has 0 saturated heterocycles. The highest BCUT2D eigenvalue weighted by Crippen LogP contribution is 2.31. The van der Waals surface area contributed by atoms with Crippen molar-refractivity contribution in [1.29, 1.82) is 0 Å². The van der Waals surface area contributed by atoms with Gasteiger partial charge in [0, 0.05) is 24.7 Å². The highest BCUT2D eigenvalue weighted by atomic mass is 19.4. The predicted molar refractivity (Wildman–Crippen MR) is 122 cm³/mol. The fourth-order valence-electron chi connectivity index (χ4n) is 4.92. The summed E-state index contributed by atoms with van der Waals surface area (Å²) in [5.74, 6) is 0.209. The fraction of sp³-hybridized carbons (Fsp3) is 0.680. The molecule has 0 heterocycles. The lowest BCUT2D eigenvalue weighted by molar-refractivity contribution is -0.137. The van der Waals surface area contributed by atoms with E-state index in [0.29, 0.717) is 19.0 Å². The van der Waals surface area contributed by atoms with Gasteiger partial charge in [-0.15, -0.1) is 0 Å². The maximum atomic E-state index is 13.0. The zero-order chi connectivity index (χ0) is 24.6. The molecule has 0 aromatic heterocycles. The Morgan fingerprint density at radius 2 is 1.50 bits per heavy atom. The minimum atomic E-state index is -4.64. The van der Waals surface area contributed by atoms with Crippen LogP contribution in [0.4, 0.5) is 17.6 Å². The van der Waals surface area contributed by atoms with Crippen LogP contribution >= 0.6 is 0 Å². The third-order valence-corrected chi connectivity index (χ3v) is 7.00. The number of hydrogen-bond acceptors (Lipinski definition) is 3. The molecule has 1 aromatic rings. The van der Waals surface area contributed by atoms with Gasteiger partial charge in [-0.2, -0.15) is 13.2 Å². The Bertz CT molecular complexity index is 817. The molecule has 3 N–H and O–H groups in total. The van der Waals surface area contributed by atoms with E-state index < -0.39 is 24.3 Å². The SMILES string of the molecule is O=C(CN[C@H]1CC[C@@H](CNC(=O)c2cc(CF)cc(C(F)(F)F)c2)CC1)NCC1CCCCC1. The first-order valence-electron chi connectivity index (χ1n) is 12.3. The fourth-order valence-corrected chi connectivity index (χ4v) is 4.92. The van der Waals surface area contributed by atoms with Crippen LogP contribution < -0.4 is 16.0 Å². The Morgan fingerprint density at radius 1 is 0.853 bits per heavy atom. The van der Waals surface area contributed by atoms with Crippen molar-refractivity contribution in [2.45, 2.75) is 76.7 Å². The van der Waals surface area contributed by atoms with Crippen LogP contribution in [-0.2, 0) is 17.6 Å². The summed E-state index contributed by atoms with van der Waals surface area (Å²) in [7, 11) is 0. The van der Waals surface area contributed by atoms with E-state index in [1.807, 2.05) is 0 Å². The van der Waals surface area contributed by atoms with Crippen molar-refractivity contribution in [3.8, 4) is 0 Å². The summed E-state index contributed by atoms with van der Waals surface area (Å²) in [5.41, 5.74) is -1.38. The van der Waals surface area contributed by atoms with Gasteiger partial charge < -0.3 is 16.0 Å². The maximum absolute atomic E-state index is 13.0. The number of amides is 2. The van der Waals surface area contributed by atoms with Gasteiger partial charge in [0.05, 0.1) is 12.1 Å². The Labute approximate surface area is 198 Å². The molecule has 2 fully saturated rings. The summed E-state index contributed by atoms with van der Waals surface area (Å²) < 4.78 is 52.0. The quantitative estimate of drug-likeness (QED) is 0.442. The minimum Gasteiger partial charge on any atom is -0.355 e. The highest BCUT2D eigenvalue weighted by Gasteiger charge is 2.32. The number of nitrogens with one attached hydrogen (secondary N) is 3. The Hall–Kier alpha value is -2.16. The number of carbonyl (C=O) groups excluding carboxylic acids is 2. The lowest BCUT2D eigenvalue weighted by Crippen LogP contribution is -2.43. The molecule has 3 rings (SSSR count). The van der Waals surface area contributed by atoms with E-state index in [9.17, 15) is 27.2 Å². The van der Waals surface area contributed by atoms with Gasteiger partial charge in [0.15, 0.2) is 0 Å². The Morgan fingerprint density at radius 3 is 2.15 bits per heavy atom. The van der Waals surface area contributed by atoms with Gasteiger partial charge in [0.2, 0.25) is 5.91 Å². The molecule has 2 saturated carbocycles. The van der Waals surface area contributed by atoms with Crippen molar-refractivity contribution in [3.63, 3.8) is 0 Å². The van der Waals surface area contributed by atoms with Crippen LogP contribution in [0.15, 0.2) is 18.2 Å². The van der Waals surface area contributed by atoms with E-state index in [2.05, 4.69) is 16.0 Å². The van der Waals surface area contributed by atoms with Crippen molar-refractivity contribution in [3.05, 3.63) is 34.9 Å². The third-order valence-electron chi connectivity index (χ3n) is 7.00. The van der Waals surface area contributed by atoms with Crippen LogP contribution in [0.25, 0.3) is 0 Å². The van der Waals surface area contributed by atoms with Gasteiger partial charge in [-0.1, -0.05) is 19.3 Å². The molecular weight excluding hydrogens is 450 g/mol. The second-order valence-electron chi connectivity index (χ2n) is 9.67. The van der Waals surface area contributed by atoms with Gasteiger partial charge in [-0.25, -0.2) is 4.39 Å². The number of hydrogen-bond donors (Lipinski definition) is 3. The minimum absolute atomic E-state index is 0.0219. The number of carbonyl (C=O) groups is 2. The van der Waals surface area contributed by atoms with Gasteiger partial charge >= 0.3 is 6.18 Å². The second kappa shape index (κ2) is 12.5. The normalized spacial score (nSPS) is 21.8. The first-order chi connectivity index (χ1) is 16.2. The standard InChI is InChI=1S/C25H35F4N3O2/c26-13-19-10-20(12-21(11-19)25(27,28)29)24(34)32-15-18-6-8-22(9-7-18)30-16-23(33)31-14-17-4-2-1-3-5-17/h10-12,17-18,22,30H,1-9,13-16H2,(H,31,33)(H,32,34)/t18-,22+. The van der Waals surface area contributed by atoms with Gasteiger partial charge in [-0.3, -0.25) is 9.59 Å². The van der Waals surface area contributed by atoms with Crippen LogP contribution in [0.2, 0.25) is 0 Å². The lowest BCUT2D eigenvalue weighted by atomic mass is 9.86. The topological polar surface area (TPSA) is 70.2 Å². The molecule has 34 heavy (non-hydrogen) atoms. The zero-order valence-electron chi connectivity index (χ0n) is 19.5. The first kappa shape index (κ1) is 26.4. The number of alkyl halides is 4. The van der Waals surface area contributed by atoms with E-state index in [1.54, 1.807) is 0 Å². The average Bonchev–Trinajstić information content (AvgIpc) is 2.85. The number of rotatable bonds is 9. The molecule has 0 atom stereocenters. The molecule has 2 aliphatic rings. The largest absolute Gasteiger partial charge is 0.416 e. The van der Waals surface area contributed by atoms with Crippen molar-refractivity contribution in [2.75, 3.05) is 19.6 Å².